The van der Waals surface area contributed by atoms with Crippen LogP contribution in [0.4, 0.5) is 0 Å². The van der Waals surface area contributed by atoms with Crippen molar-refractivity contribution in [3.8, 4) is 0 Å². The molecule has 2 fully saturated rings. The molecule has 0 bridgehead atoms. The molecule has 24 heavy (non-hydrogen) atoms. The van der Waals surface area contributed by atoms with Crippen molar-refractivity contribution in [1.29, 1.82) is 0 Å². The van der Waals surface area contributed by atoms with Gasteiger partial charge < -0.3 is 4.74 Å². The van der Waals surface area contributed by atoms with Gasteiger partial charge in [0, 0.05) is 44.5 Å². The zero-order chi connectivity index (χ0) is 16.4. The third-order valence-electron chi connectivity index (χ3n) is 5.27. The van der Waals surface area contributed by atoms with Crippen LogP contribution in [0.25, 0.3) is 0 Å². The van der Waals surface area contributed by atoms with Gasteiger partial charge in [0.2, 0.25) is 0 Å². The van der Waals surface area contributed by atoms with Crippen molar-refractivity contribution in [2.45, 2.75) is 44.4 Å². The van der Waals surface area contributed by atoms with E-state index in [1.807, 2.05) is 17.9 Å². The van der Waals surface area contributed by atoms with Crippen molar-refractivity contribution >= 4 is 0 Å². The second kappa shape index (κ2) is 7.08. The molecular formula is C20H27N3O. The Kier molecular flexibility index (Phi) is 4.67. The summed E-state index contributed by atoms with van der Waals surface area (Å²) in [7, 11) is 1.98. The van der Waals surface area contributed by atoms with Crippen LogP contribution in [0.1, 0.15) is 30.4 Å². The van der Waals surface area contributed by atoms with Crippen LogP contribution < -0.4 is 0 Å². The highest BCUT2D eigenvalue weighted by atomic mass is 16.5. The van der Waals surface area contributed by atoms with Crippen molar-refractivity contribution in [1.82, 2.24) is 14.7 Å². The fraction of sp³-hybridized carbons (Fsp3) is 0.550. The van der Waals surface area contributed by atoms with E-state index in [1.165, 1.54) is 24.0 Å². The summed E-state index contributed by atoms with van der Waals surface area (Å²) in [5, 5.41) is 4.31. The van der Waals surface area contributed by atoms with E-state index in [1.54, 1.807) is 0 Å². The minimum atomic E-state index is 0.363. The molecule has 2 aliphatic rings. The lowest BCUT2D eigenvalue weighted by molar-refractivity contribution is 0.0196. The summed E-state index contributed by atoms with van der Waals surface area (Å²) in [6.45, 7) is 3.03. The highest BCUT2D eigenvalue weighted by Gasteiger charge is 2.36. The molecule has 4 rings (SSSR count). The van der Waals surface area contributed by atoms with E-state index in [9.17, 15) is 0 Å². The fourth-order valence-electron chi connectivity index (χ4n) is 3.73. The van der Waals surface area contributed by atoms with Crippen LogP contribution >= 0.6 is 0 Å². The lowest BCUT2D eigenvalue weighted by Gasteiger charge is -2.28. The molecule has 1 aliphatic heterocycles. The van der Waals surface area contributed by atoms with Gasteiger partial charge in [0.05, 0.1) is 12.3 Å². The summed E-state index contributed by atoms with van der Waals surface area (Å²) >= 11 is 0. The van der Waals surface area contributed by atoms with Gasteiger partial charge in [-0.15, -0.1) is 0 Å². The maximum Gasteiger partial charge on any atom is 0.0745 e. The van der Waals surface area contributed by atoms with Gasteiger partial charge in [0.25, 0.3) is 0 Å². The van der Waals surface area contributed by atoms with Crippen molar-refractivity contribution in [2.24, 2.45) is 13.0 Å². The number of aromatic nitrogens is 2. The zero-order valence-corrected chi connectivity index (χ0v) is 14.5. The average Bonchev–Trinajstić information content (AvgIpc) is 3.23. The number of hydrogen-bond acceptors (Lipinski definition) is 3. The van der Waals surface area contributed by atoms with Gasteiger partial charge in [-0.2, -0.15) is 5.10 Å². The monoisotopic (exact) mass is 325 g/mol. The Balaban J connectivity index is 1.46. The molecule has 128 valence electrons. The van der Waals surface area contributed by atoms with Crippen molar-refractivity contribution in [3.05, 3.63) is 53.9 Å². The van der Waals surface area contributed by atoms with Gasteiger partial charge in [0.15, 0.2) is 0 Å². The Labute approximate surface area is 144 Å². The van der Waals surface area contributed by atoms with Crippen LogP contribution in [0, 0.1) is 5.92 Å². The molecule has 1 aromatic heterocycles. The van der Waals surface area contributed by atoms with E-state index in [-0.39, 0.29) is 0 Å². The number of rotatable bonds is 7. The van der Waals surface area contributed by atoms with Crippen LogP contribution in [0.5, 0.6) is 0 Å². The molecule has 0 amide bonds. The number of aryl methyl sites for hydroxylation is 1. The topological polar surface area (TPSA) is 30.3 Å². The zero-order valence-electron chi connectivity index (χ0n) is 14.5. The minimum Gasteiger partial charge on any atom is -0.376 e. The van der Waals surface area contributed by atoms with Gasteiger partial charge in [-0.3, -0.25) is 9.58 Å². The second-order valence-corrected chi connectivity index (χ2v) is 7.35. The molecule has 0 N–H and O–H groups in total. The van der Waals surface area contributed by atoms with Gasteiger partial charge >= 0.3 is 0 Å². The molecule has 2 aromatic rings. The predicted octanol–water partition coefficient (Wildman–Crippen LogP) is 3.03. The lowest BCUT2D eigenvalue weighted by Crippen LogP contribution is -2.38. The average molecular weight is 325 g/mol. The van der Waals surface area contributed by atoms with Gasteiger partial charge in [-0.1, -0.05) is 30.3 Å². The molecule has 2 heterocycles. The van der Waals surface area contributed by atoms with Crippen molar-refractivity contribution in [2.75, 3.05) is 13.2 Å². The third kappa shape index (κ3) is 3.87. The first-order valence-electron chi connectivity index (χ1n) is 9.15. The first-order valence-corrected chi connectivity index (χ1v) is 9.15. The first kappa shape index (κ1) is 15.9. The van der Waals surface area contributed by atoms with Crippen molar-refractivity contribution < 1.29 is 4.74 Å². The van der Waals surface area contributed by atoms with Crippen LogP contribution in [0.2, 0.25) is 0 Å². The molecule has 0 spiro atoms. The predicted molar refractivity (Wildman–Crippen MR) is 94.6 cm³/mol. The molecule has 1 aromatic carbocycles. The molecule has 0 radical (unpaired) electrons. The third-order valence-corrected chi connectivity index (χ3v) is 5.27. The van der Waals surface area contributed by atoms with Crippen molar-refractivity contribution in [3.63, 3.8) is 0 Å². The number of hydrogen-bond donors (Lipinski definition) is 0. The summed E-state index contributed by atoms with van der Waals surface area (Å²) in [6.07, 6.45) is 9.39. The van der Waals surface area contributed by atoms with Crippen LogP contribution in [-0.4, -0.2) is 40.0 Å². The van der Waals surface area contributed by atoms with Gasteiger partial charge in [0.1, 0.15) is 0 Å². The molecule has 1 saturated heterocycles. The SMILES string of the molecule is Cn1cc(CN2CC[C@@H](OCC3CC3)[C@@H]2Cc2ccccc2)cn1. The van der Waals surface area contributed by atoms with Crippen LogP contribution in [0.3, 0.4) is 0 Å². The Morgan fingerprint density at radius 3 is 2.67 bits per heavy atom. The van der Waals surface area contributed by atoms with E-state index in [4.69, 9.17) is 4.74 Å². The van der Waals surface area contributed by atoms with E-state index in [0.29, 0.717) is 12.1 Å². The normalized spacial score (nSPS) is 24.5. The molecule has 1 saturated carbocycles. The molecular weight excluding hydrogens is 298 g/mol. The van der Waals surface area contributed by atoms with E-state index in [2.05, 4.69) is 46.5 Å². The maximum atomic E-state index is 6.32. The smallest absolute Gasteiger partial charge is 0.0745 e. The van der Waals surface area contributed by atoms with Crippen LogP contribution in [-0.2, 0) is 24.8 Å². The Morgan fingerprint density at radius 2 is 1.96 bits per heavy atom. The lowest BCUT2D eigenvalue weighted by atomic mass is 10.0. The standard InChI is InChI=1S/C20H27N3O/c1-22-13-18(12-21-22)14-23-10-9-20(24-15-17-7-8-17)19(23)11-16-5-3-2-4-6-16/h2-6,12-13,17,19-20H,7-11,14-15H2,1H3/t19-,20+/m0/s1. The summed E-state index contributed by atoms with van der Waals surface area (Å²) in [5.41, 5.74) is 2.69. The second-order valence-electron chi connectivity index (χ2n) is 7.35. The summed E-state index contributed by atoms with van der Waals surface area (Å²) in [4.78, 5) is 2.58. The molecule has 0 unspecified atom stereocenters. The number of benzene rings is 1. The van der Waals surface area contributed by atoms with Gasteiger partial charge in [-0.05, 0) is 37.2 Å². The minimum absolute atomic E-state index is 0.363. The first-order chi connectivity index (χ1) is 11.8. The number of ether oxygens (including phenoxy) is 1. The largest absolute Gasteiger partial charge is 0.376 e. The van der Waals surface area contributed by atoms with E-state index < -0.39 is 0 Å². The molecule has 1 aliphatic carbocycles. The highest BCUT2D eigenvalue weighted by molar-refractivity contribution is 5.17. The summed E-state index contributed by atoms with van der Waals surface area (Å²) in [5.74, 6) is 0.828. The molecule has 4 heteroatoms. The van der Waals surface area contributed by atoms with Gasteiger partial charge in [-0.25, -0.2) is 0 Å². The van der Waals surface area contributed by atoms with E-state index in [0.717, 1.165) is 38.5 Å². The molecule has 4 nitrogen and oxygen atoms in total. The quantitative estimate of drug-likeness (QED) is 0.784. The highest BCUT2D eigenvalue weighted by Crippen LogP contribution is 2.32. The van der Waals surface area contributed by atoms with Crippen LogP contribution in [0.15, 0.2) is 42.7 Å². The Bertz CT molecular complexity index is 650. The Morgan fingerprint density at radius 1 is 1.12 bits per heavy atom. The Hall–Kier alpha value is -1.65. The van der Waals surface area contributed by atoms with E-state index >= 15 is 0 Å². The number of likely N-dealkylation sites (tertiary alicyclic amines) is 1. The summed E-state index contributed by atoms with van der Waals surface area (Å²) < 4.78 is 8.21. The maximum absolute atomic E-state index is 6.32. The molecule has 2 atom stereocenters. The fourth-order valence-corrected chi connectivity index (χ4v) is 3.73. The summed E-state index contributed by atoms with van der Waals surface area (Å²) in [6, 6.07) is 11.3. The number of nitrogens with zero attached hydrogens (tertiary/aromatic N) is 3.